The molecule has 0 aromatic heterocycles. The molecule has 0 aromatic rings. The van der Waals surface area contributed by atoms with Gasteiger partial charge in [0, 0.05) is 31.8 Å². The van der Waals surface area contributed by atoms with Gasteiger partial charge >= 0.3 is 0 Å². The Kier molecular flexibility index (Phi) is 3.29. The number of aliphatic hydroxyl groups is 1. The van der Waals surface area contributed by atoms with Crippen LogP contribution in [-0.2, 0) is 0 Å². The number of aliphatic hydroxyl groups excluding tert-OH is 1. The Morgan fingerprint density at radius 2 is 2.33 bits per heavy atom. The van der Waals surface area contributed by atoms with E-state index in [0.717, 1.165) is 18.9 Å². The van der Waals surface area contributed by atoms with Crippen molar-refractivity contribution in [2.75, 3.05) is 19.7 Å². The number of rotatable bonds is 2. The summed E-state index contributed by atoms with van der Waals surface area (Å²) in [4.78, 5) is 6.38. The van der Waals surface area contributed by atoms with E-state index < -0.39 is 0 Å². The van der Waals surface area contributed by atoms with Crippen molar-refractivity contribution in [1.29, 1.82) is 0 Å². The minimum absolute atomic E-state index is 0.299. The molecule has 1 fully saturated rings. The number of aliphatic imine (C=N–C) groups is 1. The SMILES string of the molecule is C/C=C\N=C(/C)N1CC(CO)C1. The molecule has 1 aliphatic rings. The zero-order valence-corrected chi connectivity index (χ0v) is 7.70. The lowest BCUT2D eigenvalue weighted by atomic mass is 10.0. The molecule has 1 N–H and O–H groups in total. The van der Waals surface area contributed by atoms with E-state index in [2.05, 4.69) is 9.89 Å². The fourth-order valence-electron chi connectivity index (χ4n) is 1.21. The average Bonchev–Trinajstić information content (AvgIpc) is 1.99. The summed E-state index contributed by atoms with van der Waals surface area (Å²) in [5, 5.41) is 8.78. The molecule has 1 aliphatic heterocycles. The third-order valence-corrected chi connectivity index (χ3v) is 2.08. The molecule has 0 aliphatic carbocycles. The Bertz CT molecular complexity index is 193. The lowest BCUT2D eigenvalue weighted by Gasteiger charge is -2.39. The molecule has 0 bridgehead atoms. The quantitative estimate of drug-likeness (QED) is 0.490. The van der Waals surface area contributed by atoms with Crippen molar-refractivity contribution in [3.63, 3.8) is 0 Å². The van der Waals surface area contributed by atoms with Crippen LogP contribution < -0.4 is 0 Å². The van der Waals surface area contributed by atoms with Gasteiger partial charge in [-0.1, -0.05) is 6.08 Å². The van der Waals surface area contributed by atoms with Crippen molar-refractivity contribution in [1.82, 2.24) is 4.90 Å². The fraction of sp³-hybridized carbons (Fsp3) is 0.667. The average molecular weight is 168 g/mol. The number of nitrogens with zero attached hydrogens (tertiary/aromatic N) is 2. The number of hydrogen-bond acceptors (Lipinski definition) is 2. The number of amidine groups is 1. The summed E-state index contributed by atoms with van der Waals surface area (Å²) < 4.78 is 0. The molecule has 1 saturated heterocycles. The molecular weight excluding hydrogens is 152 g/mol. The third kappa shape index (κ3) is 2.08. The third-order valence-electron chi connectivity index (χ3n) is 2.08. The monoisotopic (exact) mass is 168 g/mol. The van der Waals surface area contributed by atoms with E-state index in [-0.39, 0.29) is 0 Å². The largest absolute Gasteiger partial charge is 0.396 e. The lowest BCUT2D eigenvalue weighted by Crippen LogP contribution is -2.50. The molecule has 3 heteroatoms. The highest BCUT2D eigenvalue weighted by Gasteiger charge is 2.26. The smallest absolute Gasteiger partial charge is 0.101 e. The first-order valence-corrected chi connectivity index (χ1v) is 4.29. The van der Waals surface area contributed by atoms with Gasteiger partial charge in [-0.05, 0) is 13.8 Å². The van der Waals surface area contributed by atoms with Crippen LogP contribution in [0.1, 0.15) is 13.8 Å². The van der Waals surface area contributed by atoms with Crippen LogP contribution in [0.4, 0.5) is 0 Å². The van der Waals surface area contributed by atoms with Gasteiger partial charge in [0.1, 0.15) is 5.84 Å². The molecule has 0 amide bonds. The highest BCUT2D eigenvalue weighted by molar-refractivity contribution is 5.81. The van der Waals surface area contributed by atoms with Crippen LogP contribution in [0.2, 0.25) is 0 Å². The standard InChI is InChI=1S/C9H16N2O/c1-3-4-10-8(2)11-5-9(6-11)7-12/h3-4,9,12H,5-7H2,1-2H3/b4-3-,10-8+. The molecule has 0 aromatic carbocycles. The first kappa shape index (κ1) is 9.26. The van der Waals surface area contributed by atoms with E-state index in [1.807, 2.05) is 19.9 Å². The van der Waals surface area contributed by atoms with Gasteiger partial charge in [0.05, 0.1) is 0 Å². The maximum atomic E-state index is 8.78. The minimum Gasteiger partial charge on any atom is -0.396 e. The Balaban J connectivity index is 2.32. The first-order valence-electron chi connectivity index (χ1n) is 4.29. The van der Waals surface area contributed by atoms with E-state index in [9.17, 15) is 0 Å². The van der Waals surface area contributed by atoms with Gasteiger partial charge in [-0.2, -0.15) is 0 Å². The van der Waals surface area contributed by atoms with Gasteiger partial charge in [-0.25, -0.2) is 4.99 Å². The van der Waals surface area contributed by atoms with E-state index in [1.54, 1.807) is 6.20 Å². The van der Waals surface area contributed by atoms with E-state index in [0.29, 0.717) is 12.5 Å². The van der Waals surface area contributed by atoms with Crippen LogP contribution in [0.3, 0.4) is 0 Å². The second-order valence-corrected chi connectivity index (χ2v) is 3.11. The number of likely N-dealkylation sites (tertiary alicyclic amines) is 1. The first-order chi connectivity index (χ1) is 5.77. The summed E-state index contributed by atoms with van der Waals surface area (Å²) in [6, 6.07) is 0. The van der Waals surface area contributed by atoms with Gasteiger partial charge in [0.2, 0.25) is 0 Å². The van der Waals surface area contributed by atoms with Crippen molar-refractivity contribution >= 4 is 5.84 Å². The summed E-state index contributed by atoms with van der Waals surface area (Å²) in [7, 11) is 0. The van der Waals surface area contributed by atoms with Crippen molar-refractivity contribution < 1.29 is 5.11 Å². The van der Waals surface area contributed by atoms with E-state index in [1.165, 1.54) is 0 Å². The Hall–Kier alpha value is -0.830. The highest BCUT2D eigenvalue weighted by Crippen LogP contribution is 2.14. The van der Waals surface area contributed by atoms with Crippen molar-refractivity contribution in [3.05, 3.63) is 12.3 Å². The molecule has 68 valence electrons. The predicted molar refractivity (Wildman–Crippen MR) is 50.1 cm³/mol. The van der Waals surface area contributed by atoms with Crippen LogP contribution in [0.5, 0.6) is 0 Å². The summed E-state index contributed by atoms with van der Waals surface area (Å²) in [5.41, 5.74) is 0. The lowest BCUT2D eigenvalue weighted by molar-refractivity contribution is 0.108. The summed E-state index contributed by atoms with van der Waals surface area (Å²) in [6.45, 7) is 6.14. The maximum absolute atomic E-state index is 8.78. The van der Waals surface area contributed by atoms with Crippen molar-refractivity contribution in [2.45, 2.75) is 13.8 Å². The fourth-order valence-corrected chi connectivity index (χ4v) is 1.21. The Morgan fingerprint density at radius 1 is 1.67 bits per heavy atom. The molecule has 3 nitrogen and oxygen atoms in total. The van der Waals surface area contributed by atoms with Crippen molar-refractivity contribution in [2.24, 2.45) is 10.9 Å². The van der Waals surface area contributed by atoms with Gasteiger partial charge in [0.15, 0.2) is 0 Å². The maximum Gasteiger partial charge on any atom is 0.101 e. The van der Waals surface area contributed by atoms with E-state index in [4.69, 9.17) is 5.11 Å². The molecule has 0 saturated carbocycles. The number of allylic oxidation sites excluding steroid dienone is 1. The highest BCUT2D eigenvalue weighted by atomic mass is 16.3. The van der Waals surface area contributed by atoms with Crippen LogP contribution in [0, 0.1) is 5.92 Å². The van der Waals surface area contributed by atoms with Gasteiger partial charge < -0.3 is 10.0 Å². The van der Waals surface area contributed by atoms with Crippen LogP contribution >= 0.6 is 0 Å². The van der Waals surface area contributed by atoms with Crippen LogP contribution in [0.15, 0.2) is 17.3 Å². The Morgan fingerprint density at radius 3 is 2.83 bits per heavy atom. The molecule has 1 heterocycles. The summed E-state index contributed by atoms with van der Waals surface area (Å²) >= 11 is 0. The van der Waals surface area contributed by atoms with Gasteiger partial charge in [-0.3, -0.25) is 0 Å². The topological polar surface area (TPSA) is 35.8 Å². The molecular formula is C9H16N2O. The second-order valence-electron chi connectivity index (χ2n) is 3.11. The molecule has 0 radical (unpaired) electrons. The molecule has 0 spiro atoms. The molecule has 12 heavy (non-hydrogen) atoms. The predicted octanol–water partition coefficient (Wildman–Crippen LogP) is 0.863. The zero-order chi connectivity index (χ0) is 8.97. The van der Waals surface area contributed by atoms with Crippen LogP contribution in [-0.4, -0.2) is 35.5 Å². The molecule has 0 unspecified atom stereocenters. The normalized spacial score (nSPS) is 20.2. The minimum atomic E-state index is 0.299. The molecule has 0 atom stereocenters. The van der Waals surface area contributed by atoms with Crippen LogP contribution in [0.25, 0.3) is 0 Å². The summed E-state index contributed by atoms with van der Waals surface area (Å²) in [5.74, 6) is 1.50. The number of hydrogen-bond donors (Lipinski definition) is 1. The zero-order valence-electron chi connectivity index (χ0n) is 7.70. The Labute approximate surface area is 73.4 Å². The van der Waals surface area contributed by atoms with Gasteiger partial charge in [-0.15, -0.1) is 0 Å². The summed E-state index contributed by atoms with van der Waals surface area (Å²) in [6.07, 6.45) is 3.70. The van der Waals surface area contributed by atoms with Gasteiger partial charge in [0.25, 0.3) is 0 Å². The van der Waals surface area contributed by atoms with Crippen molar-refractivity contribution in [3.8, 4) is 0 Å². The second kappa shape index (κ2) is 4.26. The van der Waals surface area contributed by atoms with E-state index >= 15 is 0 Å². The molecule has 1 rings (SSSR count).